The van der Waals surface area contributed by atoms with Gasteiger partial charge >= 0.3 is 0 Å². The molecular formula is C23H30N2O6S. The minimum atomic E-state index is -3.60. The van der Waals surface area contributed by atoms with E-state index in [1.807, 2.05) is 32.9 Å². The highest BCUT2D eigenvalue weighted by atomic mass is 32.2. The number of nitrogens with one attached hydrogen (secondary N) is 1. The van der Waals surface area contributed by atoms with Crippen molar-refractivity contribution >= 4 is 21.6 Å². The zero-order valence-corrected chi connectivity index (χ0v) is 19.9. The molecule has 32 heavy (non-hydrogen) atoms. The summed E-state index contributed by atoms with van der Waals surface area (Å²) in [5.41, 5.74) is 1.27. The summed E-state index contributed by atoms with van der Waals surface area (Å²) in [6.45, 7) is 6.56. The lowest BCUT2D eigenvalue weighted by Crippen LogP contribution is -2.51. The summed E-state index contributed by atoms with van der Waals surface area (Å²) in [4.78, 5) is 12.7. The molecule has 1 aliphatic heterocycles. The van der Waals surface area contributed by atoms with E-state index in [0.29, 0.717) is 17.2 Å². The lowest BCUT2D eigenvalue weighted by molar-refractivity contribution is -0.127. The van der Waals surface area contributed by atoms with Crippen LogP contribution in [0.3, 0.4) is 0 Å². The minimum absolute atomic E-state index is 0.0927. The standard InChI is InChI=1S/C23H30N2O6S/c1-23(2,3)16-6-11-20-19(14-16)25(32(5,27)28)15-21(31-20)22(26)24-12-13-30-18-9-7-17(29-4)8-10-18/h6-11,14,21H,12-13,15H2,1-5H3,(H,24,26). The van der Waals surface area contributed by atoms with Gasteiger partial charge in [-0.25, -0.2) is 8.42 Å². The Labute approximate surface area is 189 Å². The number of anilines is 1. The zero-order valence-electron chi connectivity index (χ0n) is 19.0. The lowest BCUT2D eigenvalue weighted by atomic mass is 9.86. The molecule has 0 aromatic heterocycles. The van der Waals surface area contributed by atoms with Crippen LogP contribution in [0.25, 0.3) is 0 Å². The van der Waals surface area contributed by atoms with Gasteiger partial charge in [0.15, 0.2) is 6.10 Å². The zero-order chi connectivity index (χ0) is 23.5. The Bertz CT molecular complexity index is 1060. The number of hydrogen-bond donors (Lipinski definition) is 1. The number of methoxy groups -OCH3 is 1. The van der Waals surface area contributed by atoms with E-state index in [0.717, 1.165) is 17.6 Å². The van der Waals surface area contributed by atoms with Gasteiger partial charge in [-0.3, -0.25) is 9.10 Å². The largest absolute Gasteiger partial charge is 0.497 e. The van der Waals surface area contributed by atoms with Crippen LogP contribution in [0, 0.1) is 0 Å². The molecule has 3 rings (SSSR count). The fourth-order valence-corrected chi connectivity index (χ4v) is 4.20. The molecule has 1 atom stereocenters. The van der Waals surface area contributed by atoms with Crippen molar-refractivity contribution < 1.29 is 27.4 Å². The summed E-state index contributed by atoms with van der Waals surface area (Å²) >= 11 is 0. The molecule has 0 fully saturated rings. The van der Waals surface area contributed by atoms with Crippen LogP contribution in [0.5, 0.6) is 17.2 Å². The molecule has 0 saturated heterocycles. The molecule has 8 nitrogen and oxygen atoms in total. The van der Waals surface area contributed by atoms with Crippen LogP contribution in [-0.4, -0.2) is 53.5 Å². The van der Waals surface area contributed by atoms with Crippen molar-refractivity contribution in [2.24, 2.45) is 0 Å². The summed E-state index contributed by atoms with van der Waals surface area (Å²) in [5.74, 6) is 1.35. The maximum Gasteiger partial charge on any atom is 0.263 e. The van der Waals surface area contributed by atoms with Crippen molar-refractivity contribution in [3.05, 3.63) is 48.0 Å². The maximum absolute atomic E-state index is 12.7. The molecule has 174 valence electrons. The number of hydrogen-bond acceptors (Lipinski definition) is 6. The van der Waals surface area contributed by atoms with Gasteiger partial charge in [-0.15, -0.1) is 0 Å². The van der Waals surface area contributed by atoms with Gasteiger partial charge in [0.25, 0.3) is 5.91 Å². The van der Waals surface area contributed by atoms with Crippen molar-refractivity contribution in [3.8, 4) is 17.2 Å². The van der Waals surface area contributed by atoms with Gasteiger partial charge in [0.05, 0.1) is 32.1 Å². The SMILES string of the molecule is COc1ccc(OCCNC(=O)C2CN(S(C)(=O)=O)c3cc(C(C)(C)C)ccc3O2)cc1. The van der Waals surface area contributed by atoms with Crippen molar-refractivity contribution in [2.75, 3.05) is 37.4 Å². The van der Waals surface area contributed by atoms with E-state index < -0.39 is 22.0 Å². The third kappa shape index (κ3) is 5.64. The van der Waals surface area contributed by atoms with Gasteiger partial charge in [-0.1, -0.05) is 26.8 Å². The molecule has 1 N–H and O–H groups in total. The smallest absolute Gasteiger partial charge is 0.263 e. The van der Waals surface area contributed by atoms with Crippen LogP contribution in [0.4, 0.5) is 5.69 Å². The predicted molar refractivity (Wildman–Crippen MR) is 123 cm³/mol. The number of nitrogens with zero attached hydrogens (tertiary/aromatic N) is 1. The number of amides is 1. The van der Waals surface area contributed by atoms with E-state index >= 15 is 0 Å². The van der Waals surface area contributed by atoms with E-state index in [4.69, 9.17) is 14.2 Å². The Morgan fingerprint density at radius 2 is 1.81 bits per heavy atom. The third-order valence-electron chi connectivity index (χ3n) is 5.12. The molecule has 1 unspecified atom stereocenters. The molecule has 1 amide bonds. The molecule has 2 aromatic carbocycles. The number of sulfonamides is 1. The predicted octanol–water partition coefficient (Wildman–Crippen LogP) is 2.71. The molecule has 1 aliphatic rings. The monoisotopic (exact) mass is 462 g/mol. The average molecular weight is 463 g/mol. The fourth-order valence-electron chi connectivity index (χ4n) is 3.30. The van der Waals surface area contributed by atoms with E-state index in [-0.39, 0.29) is 25.1 Å². The number of fused-ring (bicyclic) bond motifs is 1. The second-order valence-electron chi connectivity index (χ2n) is 8.65. The Balaban J connectivity index is 1.65. The molecule has 0 bridgehead atoms. The number of carbonyl (C=O) groups excluding carboxylic acids is 1. The van der Waals surface area contributed by atoms with Gasteiger partial charge in [-0.05, 0) is 47.4 Å². The lowest BCUT2D eigenvalue weighted by Gasteiger charge is -2.35. The molecule has 0 aliphatic carbocycles. The number of ether oxygens (including phenoxy) is 3. The topological polar surface area (TPSA) is 94.2 Å². The first-order valence-electron chi connectivity index (χ1n) is 10.3. The molecule has 0 saturated carbocycles. The number of rotatable bonds is 7. The van der Waals surface area contributed by atoms with Crippen LogP contribution < -0.4 is 23.8 Å². The highest BCUT2D eigenvalue weighted by molar-refractivity contribution is 7.92. The Morgan fingerprint density at radius 3 is 2.41 bits per heavy atom. The van der Waals surface area contributed by atoms with E-state index in [1.165, 1.54) is 4.31 Å². The average Bonchev–Trinajstić information content (AvgIpc) is 2.74. The Morgan fingerprint density at radius 1 is 1.16 bits per heavy atom. The van der Waals surface area contributed by atoms with E-state index in [1.54, 1.807) is 37.4 Å². The maximum atomic E-state index is 12.7. The van der Waals surface area contributed by atoms with Crippen LogP contribution in [0.15, 0.2) is 42.5 Å². The van der Waals surface area contributed by atoms with Gasteiger partial charge in [0.1, 0.15) is 23.9 Å². The highest BCUT2D eigenvalue weighted by Gasteiger charge is 2.35. The second-order valence-corrected chi connectivity index (χ2v) is 10.6. The minimum Gasteiger partial charge on any atom is -0.497 e. The van der Waals surface area contributed by atoms with E-state index in [2.05, 4.69) is 5.32 Å². The van der Waals surface area contributed by atoms with E-state index in [9.17, 15) is 13.2 Å². The van der Waals surface area contributed by atoms with Gasteiger partial charge in [0, 0.05) is 0 Å². The molecule has 0 radical (unpaired) electrons. The Kier molecular flexibility index (Phi) is 6.88. The van der Waals surface area contributed by atoms with Crippen LogP contribution in [-0.2, 0) is 20.2 Å². The number of carbonyl (C=O) groups is 1. The summed E-state index contributed by atoms with van der Waals surface area (Å²) in [6, 6.07) is 12.5. The first-order chi connectivity index (χ1) is 15.0. The van der Waals surface area contributed by atoms with Gasteiger partial charge in [0.2, 0.25) is 10.0 Å². The van der Waals surface area contributed by atoms with Crippen molar-refractivity contribution in [1.29, 1.82) is 0 Å². The molecular weight excluding hydrogens is 432 g/mol. The van der Waals surface area contributed by atoms with Gasteiger partial charge < -0.3 is 19.5 Å². The first kappa shape index (κ1) is 23.7. The second kappa shape index (κ2) is 9.28. The Hall–Kier alpha value is -2.94. The number of benzene rings is 2. The van der Waals surface area contributed by atoms with Gasteiger partial charge in [-0.2, -0.15) is 0 Å². The van der Waals surface area contributed by atoms with Crippen molar-refractivity contribution in [3.63, 3.8) is 0 Å². The van der Waals surface area contributed by atoms with Crippen molar-refractivity contribution in [2.45, 2.75) is 32.3 Å². The van der Waals surface area contributed by atoms with Crippen LogP contribution in [0.2, 0.25) is 0 Å². The molecule has 1 heterocycles. The highest BCUT2D eigenvalue weighted by Crippen LogP contribution is 2.38. The molecule has 0 spiro atoms. The normalized spacial score (nSPS) is 16.0. The summed E-state index contributed by atoms with van der Waals surface area (Å²) < 4.78 is 42.7. The fraction of sp³-hybridized carbons (Fsp3) is 0.435. The molecule has 2 aromatic rings. The first-order valence-corrected chi connectivity index (χ1v) is 12.2. The quantitative estimate of drug-likeness (QED) is 0.636. The summed E-state index contributed by atoms with van der Waals surface area (Å²) in [6.07, 6.45) is 0.169. The summed E-state index contributed by atoms with van der Waals surface area (Å²) in [7, 11) is -2.01. The third-order valence-corrected chi connectivity index (χ3v) is 6.26. The molecule has 9 heteroatoms. The van der Waals surface area contributed by atoms with Crippen LogP contribution in [0.1, 0.15) is 26.3 Å². The summed E-state index contributed by atoms with van der Waals surface area (Å²) in [5, 5.41) is 2.75. The van der Waals surface area contributed by atoms with Crippen molar-refractivity contribution in [1.82, 2.24) is 5.32 Å². The van der Waals surface area contributed by atoms with Crippen LogP contribution >= 0.6 is 0 Å².